The summed E-state index contributed by atoms with van der Waals surface area (Å²) in [7, 11) is -0.221. The minimum absolute atomic E-state index is 0.00750. The van der Waals surface area contributed by atoms with Gasteiger partial charge in [0.05, 0.1) is 88.6 Å². The number of aryl methyl sites for hydroxylation is 6. The van der Waals surface area contributed by atoms with Gasteiger partial charge in [0.15, 0.2) is 5.76 Å². The predicted octanol–water partition coefficient (Wildman–Crippen LogP) is 16.1. The topological polar surface area (TPSA) is 296 Å². The molecule has 572 valence electrons. The first-order valence-electron chi connectivity index (χ1n) is 37.2. The lowest BCUT2D eigenvalue weighted by Crippen LogP contribution is -2.41. The van der Waals surface area contributed by atoms with Crippen LogP contribution >= 0.6 is 31.9 Å². The summed E-state index contributed by atoms with van der Waals surface area (Å²) in [6.45, 7) is 45.8. The number of rotatable bonds is 12. The van der Waals surface area contributed by atoms with Gasteiger partial charge in [-0.3, -0.25) is 9.59 Å². The third-order valence-corrected chi connectivity index (χ3v) is 23.7. The van der Waals surface area contributed by atoms with Gasteiger partial charge in [0, 0.05) is 71.5 Å². The standard InChI is InChI=1S/2C13H20BNO3.C12H24B2O4.2C7H8BrNO.2C7H9NO.C7H10O2.CH5NO/c1-8-10(11(15-16-8)9-6-7-9)14-17-12(2,3)13(4,5)18-14;1-8-10(11(16-15-8)9-6-7-9)14-17-12(2,3)13(4,5)18-14;1-9(2)10(3,4)16-13(15-9)14-17-11(5,6)12(7,8)18-14;1-4-6(8)7(9-10-4)5-2-3-5;1-4-6(8)7(10-9-4)5-2-3-5;1-5-4-7(8-9-5)6-2-3-6;1-5-4-7(9-8-5)6-2-3-6;1-5(8)4-7(9)6-2-3-6;1-2-3/h2*9H,6-7H2,1-5H3;1-8H3;2*5H,2-3H2,1H3;2*4,6H,2-3H2,1H3;6H,2-4H2,1H3;2-3H,1H3. The highest BCUT2D eigenvalue weighted by Gasteiger charge is 2.64. The van der Waals surface area contributed by atoms with Crippen molar-refractivity contribution in [2.75, 3.05) is 7.05 Å². The zero-order valence-electron chi connectivity index (χ0n) is 66.0. The quantitative estimate of drug-likeness (QED) is 0.0653. The van der Waals surface area contributed by atoms with Crippen LogP contribution in [0.2, 0.25) is 0 Å². The summed E-state index contributed by atoms with van der Waals surface area (Å²) in [5.41, 5.74) is 7.19. The first kappa shape index (κ1) is 83.5. The van der Waals surface area contributed by atoms with E-state index in [0.717, 1.165) is 107 Å². The zero-order chi connectivity index (χ0) is 76.6. The van der Waals surface area contributed by atoms with Crippen molar-refractivity contribution in [2.45, 2.75) is 336 Å². The highest BCUT2D eigenvalue weighted by Crippen LogP contribution is 2.48. The molecule has 4 saturated heterocycles. The van der Waals surface area contributed by atoms with E-state index in [-0.39, 0.29) is 83.0 Å². The van der Waals surface area contributed by atoms with Crippen molar-refractivity contribution in [2.24, 2.45) is 5.92 Å². The number of carbonyl (C=O) groups is 2. The molecule has 0 unspecified atom stereocenters. The average Bonchev–Trinajstić information content (AvgIpc) is 1.60. The fourth-order valence-corrected chi connectivity index (χ4v) is 12.2. The minimum Gasteiger partial charge on any atom is -0.405 e. The third kappa shape index (κ3) is 21.3. The molecule has 0 aromatic carbocycles. The molecule has 10 heterocycles. The van der Waals surface area contributed by atoms with Gasteiger partial charge in [0.2, 0.25) is 0 Å². The van der Waals surface area contributed by atoms with Crippen LogP contribution in [0.15, 0.2) is 48.2 Å². The molecular formula is C74H113B4Br2N7O17. The van der Waals surface area contributed by atoms with Crippen molar-refractivity contribution in [3.05, 3.63) is 89.8 Å². The Hall–Kier alpha value is -4.58. The van der Waals surface area contributed by atoms with Crippen molar-refractivity contribution in [3.63, 3.8) is 0 Å². The number of hydrogen-bond acceptors (Lipinski definition) is 24. The second-order valence-electron chi connectivity index (χ2n) is 33.6. The number of aromatic nitrogens is 6. The summed E-state index contributed by atoms with van der Waals surface area (Å²) in [5.74, 6) is 9.89. The molecule has 4 aliphatic heterocycles. The number of nitrogens with one attached hydrogen (secondary N) is 1. The molecule has 104 heavy (non-hydrogen) atoms. The molecule has 6 aromatic heterocycles. The largest absolute Gasteiger partial charge is 0.500 e. The smallest absolute Gasteiger partial charge is 0.405 e. The van der Waals surface area contributed by atoms with Crippen molar-refractivity contribution >= 4 is 82.6 Å². The zero-order valence-corrected chi connectivity index (χ0v) is 69.2. The molecule has 0 amide bonds. The summed E-state index contributed by atoms with van der Waals surface area (Å²) in [4.78, 5) is 21.2. The molecule has 7 aliphatic carbocycles. The molecule has 7 saturated carbocycles. The van der Waals surface area contributed by atoms with Crippen molar-refractivity contribution in [3.8, 4) is 0 Å². The van der Waals surface area contributed by atoms with Crippen LogP contribution in [0.1, 0.15) is 318 Å². The summed E-state index contributed by atoms with van der Waals surface area (Å²) < 4.78 is 81.2. The predicted molar refractivity (Wildman–Crippen MR) is 402 cm³/mol. The Morgan fingerprint density at radius 3 is 1.20 bits per heavy atom. The van der Waals surface area contributed by atoms with Crippen molar-refractivity contribution < 1.29 is 79.2 Å². The third-order valence-electron chi connectivity index (χ3n) is 21.8. The lowest BCUT2D eigenvalue weighted by Gasteiger charge is -2.32. The van der Waals surface area contributed by atoms with Gasteiger partial charge in [-0.05, 0) is 281 Å². The molecule has 11 fully saturated rings. The Labute approximate surface area is 633 Å². The average molecular weight is 1580 g/mol. The van der Waals surface area contributed by atoms with Crippen LogP contribution in [-0.4, -0.2) is 128 Å². The first-order valence-corrected chi connectivity index (χ1v) is 38.8. The van der Waals surface area contributed by atoms with Gasteiger partial charge in [-0.1, -0.05) is 30.9 Å². The van der Waals surface area contributed by atoms with Crippen LogP contribution in [0.3, 0.4) is 0 Å². The van der Waals surface area contributed by atoms with Crippen LogP contribution in [0.4, 0.5) is 0 Å². The van der Waals surface area contributed by atoms with Gasteiger partial charge < -0.3 is 69.6 Å². The molecule has 0 spiro atoms. The van der Waals surface area contributed by atoms with E-state index in [1.807, 2.05) is 109 Å². The van der Waals surface area contributed by atoms with E-state index in [2.05, 4.69) is 118 Å². The lowest BCUT2D eigenvalue weighted by atomic mass is 9.49. The molecule has 0 atom stereocenters. The van der Waals surface area contributed by atoms with Crippen LogP contribution in [-0.2, 0) is 46.8 Å². The number of ketones is 2. The Bertz CT molecular complexity index is 3560. The van der Waals surface area contributed by atoms with Crippen molar-refractivity contribution in [1.82, 2.24) is 36.4 Å². The van der Waals surface area contributed by atoms with E-state index in [1.54, 1.807) is 5.48 Å². The van der Waals surface area contributed by atoms with Gasteiger partial charge in [-0.15, -0.1) is 0 Å². The normalized spacial score (nSPS) is 22.7. The molecular weight excluding hydrogens is 1460 g/mol. The van der Waals surface area contributed by atoms with E-state index in [9.17, 15) is 9.59 Å². The molecule has 24 nitrogen and oxygen atoms in total. The number of Topliss-reactive ketones (excluding diaryl/α,β-unsaturated/α-hetero) is 2. The molecule has 30 heteroatoms. The second kappa shape index (κ2) is 32.9. The molecule has 0 bridgehead atoms. The number of carbonyl (C=O) groups excluding carboxylic acids is 2. The Morgan fingerprint density at radius 2 is 0.837 bits per heavy atom. The van der Waals surface area contributed by atoms with E-state index in [1.165, 1.54) is 91.0 Å². The Morgan fingerprint density at radius 1 is 0.442 bits per heavy atom. The van der Waals surface area contributed by atoms with E-state index >= 15 is 0 Å². The summed E-state index contributed by atoms with van der Waals surface area (Å²) >= 11 is 6.87. The fraction of sp³-hybridized carbons (Fsp3) is 0.730. The number of halogens is 2. The Kier molecular flexibility index (Phi) is 26.4. The lowest BCUT2D eigenvalue weighted by molar-refractivity contribution is -0.126. The minimum atomic E-state index is -0.476. The van der Waals surface area contributed by atoms with Crippen LogP contribution < -0.4 is 16.4 Å². The van der Waals surface area contributed by atoms with Gasteiger partial charge in [0.25, 0.3) is 0 Å². The molecule has 0 radical (unpaired) electrons. The maximum atomic E-state index is 10.8. The van der Waals surface area contributed by atoms with E-state index in [4.69, 9.17) is 69.6 Å². The number of hydroxylamine groups is 1. The van der Waals surface area contributed by atoms with Gasteiger partial charge in [0.1, 0.15) is 46.1 Å². The van der Waals surface area contributed by atoms with E-state index < -0.39 is 14.0 Å². The second-order valence-corrected chi connectivity index (χ2v) is 35.2. The fourth-order valence-electron chi connectivity index (χ4n) is 11.2. The molecule has 11 aliphatic rings. The Balaban J connectivity index is 0.000000139. The maximum Gasteiger partial charge on any atom is 0.500 e. The first-order chi connectivity index (χ1) is 48.4. The highest BCUT2D eigenvalue weighted by atomic mass is 79.9. The van der Waals surface area contributed by atoms with Crippen molar-refractivity contribution in [1.29, 1.82) is 0 Å². The number of nitrogens with zero attached hydrogens (tertiary/aromatic N) is 6. The van der Waals surface area contributed by atoms with Crippen LogP contribution in [0, 0.1) is 47.5 Å². The van der Waals surface area contributed by atoms with Gasteiger partial charge in [-0.25, -0.2) is 5.48 Å². The maximum absolute atomic E-state index is 10.8. The summed E-state index contributed by atoms with van der Waals surface area (Å²) in [6.07, 6.45) is 17.1. The molecule has 6 aromatic rings. The van der Waals surface area contributed by atoms with Crippen LogP contribution in [0.5, 0.6) is 0 Å². The van der Waals surface area contributed by atoms with Crippen LogP contribution in [0.25, 0.3) is 0 Å². The molecule has 17 rings (SSSR count). The van der Waals surface area contributed by atoms with E-state index in [0.29, 0.717) is 29.6 Å². The summed E-state index contributed by atoms with van der Waals surface area (Å²) in [5, 5.41) is 31.1. The van der Waals surface area contributed by atoms with Gasteiger partial charge >= 0.3 is 28.3 Å². The van der Waals surface area contributed by atoms with Gasteiger partial charge in [-0.2, -0.15) is 0 Å². The highest BCUT2D eigenvalue weighted by molar-refractivity contribution is 9.10. The monoisotopic (exact) mass is 1570 g/mol. The molecule has 2 N–H and O–H groups in total. The summed E-state index contributed by atoms with van der Waals surface area (Å²) in [6, 6.07) is 4.05. The SMILES string of the molecule is CC(=O)CC(=O)C1CC1.CC1(C)OB(B2OC(C)(C)C(C)(C)O2)OC1(C)C.CNO.Cc1cc(C2CC2)no1.Cc1cc(C2CC2)on1.Cc1noc(C2CC2)c1B1OC(C)(C)C(C)(C)O1.Cc1noc(C2CC2)c1Br.Cc1onc(C2CC2)c1B1OC(C)(C)C(C)(C)O1.Cc1onc(C2CC2)c1Br. The number of hydrogen-bond donors (Lipinski definition) is 2.